The van der Waals surface area contributed by atoms with Crippen LogP contribution in [0.2, 0.25) is 0 Å². The van der Waals surface area contributed by atoms with Gasteiger partial charge in [0.2, 0.25) is 0 Å². The number of carbonyl (C=O) groups is 2. The molecule has 0 bridgehead atoms. The van der Waals surface area contributed by atoms with E-state index in [0.29, 0.717) is 0 Å². The number of aliphatic carboxylic acids is 1. The fraction of sp³-hybridized carbons (Fsp3) is 0.583. The van der Waals surface area contributed by atoms with Crippen LogP contribution in [0.3, 0.4) is 0 Å². The van der Waals surface area contributed by atoms with Gasteiger partial charge in [0.05, 0.1) is 11.6 Å². The van der Waals surface area contributed by atoms with Crippen LogP contribution in [0, 0.1) is 0 Å². The number of carboxylic acid groups (broad SMARTS) is 1. The van der Waals surface area contributed by atoms with Crippen molar-refractivity contribution in [3.8, 4) is 0 Å². The SMILES string of the molecule is CC(C)(NC(=O)N1C[C@@H](O)C[C@H]1C(=O)O)c1nccs1. The van der Waals surface area contributed by atoms with E-state index in [4.69, 9.17) is 5.11 Å². The molecule has 2 rings (SSSR count). The van der Waals surface area contributed by atoms with E-state index < -0.39 is 29.7 Å². The van der Waals surface area contributed by atoms with E-state index in [1.165, 1.54) is 11.3 Å². The predicted molar refractivity (Wildman–Crippen MR) is 72.4 cm³/mol. The molecule has 1 aliphatic heterocycles. The molecule has 20 heavy (non-hydrogen) atoms. The zero-order valence-corrected chi connectivity index (χ0v) is 12.1. The van der Waals surface area contributed by atoms with E-state index in [1.54, 1.807) is 20.0 Å². The Kier molecular flexibility index (Phi) is 3.96. The number of thiazole rings is 1. The van der Waals surface area contributed by atoms with Gasteiger partial charge in [0.15, 0.2) is 0 Å². The van der Waals surface area contributed by atoms with Gasteiger partial charge in [-0.15, -0.1) is 11.3 Å². The molecule has 0 unspecified atom stereocenters. The number of aliphatic hydroxyl groups excluding tert-OH is 1. The molecule has 1 aromatic rings. The second-order valence-electron chi connectivity index (χ2n) is 5.29. The van der Waals surface area contributed by atoms with Crippen molar-refractivity contribution >= 4 is 23.3 Å². The molecule has 0 radical (unpaired) electrons. The molecule has 2 amide bonds. The third-order valence-corrected chi connectivity index (χ3v) is 4.31. The summed E-state index contributed by atoms with van der Waals surface area (Å²) in [5.74, 6) is -1.11. The Morgan fingerprint density at radius 1 is 1.55 bits per heavy atom. The van der Waals surface area contributed by atoms with Crippen molar-refractivity contribution in [3.05, 3.63) is 16.6 Å². The highest BCUT2D eigenvalue weighted by molar-refractivity contribution is 7.09. The number of nitrogens with one attached hydrogen (secondary N) is 1. The number of aromatic nitrogens is 1. The number of aliphatic hydroxyl groups is 1. The van der Waals surface area contributed by atoms with Gasteiger partial charge in [-0.25, -0.2) is 14.6 Å². The predicted octanol–water partition coefficient (Wildman–Crippen LogP) is 0.608. The first kappa shape index (κ1) is 14.7. The normalized spacial score (nSPS) is 22.9. The average Bonchev–Trinajstić information content (AvgIpc) is 2.96. The summed E-state index contributed by atoms with van der Waals surface area (Å²) in [5.41, 5.74) is -0.693. The number of carboxylic acids is 1. The number of carbonyl (C=O) groups excluding carboxylic acids is 1. The number of likely N-dealkylation sites (tertiary alicyclic amines) is 1. The molecule has 7 nitrogen and oxygen atoms in total. The Morgan fingerprint density at radius 2 is 2.25 bits per heavy atom. The van der Waals surface area contributed by atoms with Gasteiger partial charge in [-0.1, -0.05) is 0 Å². The molecule has 1 fully saturated rings. The Morgan fingerprint density at radius 3 is 2.80 bits per heavy atom. The van der Waals surface area contributed by atoms with Crippen LogP contribution in [0.5, 0.6) is 0 Å². The second-order valence-corrected chi connectivity index (χ2v) is 6.18. The maximum absolute atomic E-state index is 12.2. The first-order chi connectivity index (χ1) is 9.31. The monoisotopic (exact) mass is 299 g/mol. The lowest BCUT2D eigenvalue weighted by Gasteiger charge is -2.29. The van der Waals surface area contributed by atoms with Gasteiger partial charge in [-0.05, 0) is 13.8 Å². The van der Waals surface area contributed by atoms with E-state index in [9.17, 15) is 14.7 Å². The summed E-state index contributed by atoms with van der Waals surface area (Å²) in [7, 11) is 0. The number of urea groups is 1. The first-order valence-corrected chi connectivity index (χ1v) is 7.09. The van der Waals surface area contributed by atoms with Gasteiger partial charge in [0.25, 0.3) is 0 Å². The number of nitrogens with zero attached hydrogens (tertiary/aromatic N) is 2. The zero-order valence-electron chi connectivity index (χ0n) is 11.2. The lowest BCUT2D eigenvalue weighted by molar-refractivity contribution is -0.141. The lowest BCUT2D eigenvalue weighted by Crippen LogP contribution is -2.51. The highest BCUT2D eigenvalue weighted by Gasteiger charge is 2.40. The third-order valence-electron chi connectivity index (χ3n) is 3.21. The van der Waals surface area contributed by atoms with Gasteiger partial charge in [0, 0.05) is 24.5 Å². The molecule has 110 valence electrons. The topological polar surface area (TPSA) is 103 Å². The van der Waals surface area contributed by atoms with Gasteiger partial charge in [0.1, 0.15) is 11.0 Å². The maximum Gasteiger partial charge on any atom is 0.326 e. The van der Waals surface area contributed by atoms with Crippen LogP contribution < -0.4 is 5.32 Å². The summed E-state index contributed by atoms with van der Waals surface area (Å²) in [6.45, 7) is 3.62. The number of hydrogen-bond donors (Lipinski definition) is 3. The fourth-order valence-electron chi connectivity index (χ4n) is 2.20. The van der Waals surface area contributed by atoms with Gasteiger partial charge >= 0.3 is 12.0 Å². The minimum atomic E-state index is -1.11. The van der Waals surface area contributed by atoms with Crippen LogP contribution in [0.1, 0.15) is 25.3 Å². The molecule has 1 aliphatic rings. The number of amides is 2. The summed E-state index contributed by atoms with van der Waals surface area (Å²) < 4.78 is 0. The van der Waals surface area contributed by atoms with Crippen LogP contribution in [-0.4, -0.2) is 50.8 Å². The summed E-state index contributed by atoms with van der Waals surface area (Å²) in [6.07, 6.45) is 0.901. The summed E-state index contributed by atoms with van der Waals surface area (Å²) in [4.78, 5) is 28.7. The van der Waals surface area contributed by atoms with Gasteiger partial charge in [-0.2, -0.15) is 0 Å². The van der Waals surface area contributed by atoms with E-state index in [1.807, 2.05) is 5.38 Å². The van der Waals surface area contributed by atoms with Crippen molar-refractivity contribution in [1.82, 2.24) is 15.2 Å². The molecular formula is C12H17N3O4S. The molecule has 1 aromatic heterocycles. The van der Waals surface area contributed by atoms with E-state index in [-0.39, 0.29) is 13.0 Å². The highest BCUT2D eigenvalue weighted by atomic mass is 32.1. The molecule has 0 saturated carbocycles. The fourth-order valence-corrected chi connectivity index (χ4v) is 2.92. The van der Waals surface area contributed by atoms with Crippen molar-refractivity contribution in [2.75, 3.05) is 6.54 Å². The number of rotatable bonds is 3. The third kappa shape index (κ3) is 2.91. The molecule has 0 spiro atoms. The van der Waals surface area contributed by atoms with E-state index >= 15 is 0 Å². The highest BCUT2D eigenvalue weighted by Crippen LogP contribution is 2.24. The van der Waals surface area contributed by atoms with Crippen LogP contribution in [0.4, 0.5) is 4.79 Å². The Balaban J connectivity index is 2.10. The average molecular weight is 299 g/mol. The van der Waals surface area contributed by atoms with Gasteiger partial charge < -0.3 is 20.4 Å². The van der Waals surface area contributed by atoms with Crippen LogP contribution in [-0.2, 0) is 10.3 Å². The molecule has 2 heterocycles. The van der Waals surface area contributed by atoms with Crippen molar-refractivity contribution in [2.24, 2.45) is 0 Å². The van der Waals surface area contributed by atoms with Crippen LogP contribution in [0.25, 0.3) is 0 Å². The lowest BCUT2D eigenvalue weighted by atomic mass is 10.1. The zero-order chi connectivity index (χ0) is 14.9. The van der Waals surface area contributed by atoms with Crippen molar-refractivity contribution in [2.45, 2.75) is 38.0 Å². The first-order valence-electron chi connectivity index (χ1n) is 6.21. The summed E-state index contributed by atoms with van der Waals surface area (Å²) in [5, 5.41) is 24.0. The Hall–Kier alpha value is -1.67. The molecule has 1 saturated heterocycles. The van der Waals surface area contributed by atoms with Crippen LogP contribution in [0.15, 0.2) is 11.6 Å². The Bertz CT molecular complexity index is 503. The summed E-state index contributed by atoms with van der Waals surface area (Å²) >= 11 is 1.41. The number of hydrogen-bond acceptors (Lipinski definition) is 5. The minimum absolute atomic E-state index is 0.0246. The molecule has 0 aliphatic carbocycles. The molecule has 2 atom stereocenters. The molecular weight excluding hydrogens is 282 g/mol. The van der Waals surface area contributed by atoms with Crippen molar-refractivity contribution < 1.29 is 19.8 Å². The number of β-amino-alcohol motifs (C(OH)–C–C–N with tert-alkyl or cyclic N) is 1. The smallest absolute Gasteiger partial charge is 0.326 e. The Labute approximate surface area is 120 Å². The minimum Gasteiger partial charge on any atom is -0.480 e. The quantitative estimate of drug-likeness (QED) is 0.758. The molecule has 3 N–H and O–H groups in total. The van der Waals surface area contributed by atoms with Crippen molar-refractivity contribution in [1.29, 1.82) is 0 Å². The van der Waals surface area contributed by atoms with E-state index in [2.05, 4.69) is 10.3 Å². The summed E-state index contributed by atoms with van der Waals surface area (Å²) in [6, 6.07) is -1.49. The molecule has 0 aromatic carbocycles. The standard InChI is InChI=1S/C12H17N3O4S/c1-12(2,10-13-3-4-20-10)14-11(19)15-6-7(16)5-8(15)9(17)18/h3-4,7-8,16H,5-6H2,1-2H3,(H,14,19)(H,17,18)/t7-,8-/m0/s1. The second kappa shape index (κ2) is 5.37. The van der Waals surface area contributed by atoms with Crippen LogP contribution >= 0.6 is 11.3 Å². The molecule has 8 heteroatoms. The van der Waals surface area contributed by atoms with E-state index in [0.717, 1.165) is 9.91 Å². The van der Waals surface area contributed by atoms with Gasteiger partial charge in [-0.3, -0.25) is 0 Å². The largest absolute Gasteiger partial charge is 0.480 e. The maximum atomic E-state index is 12.2. The van der Waals surface area contributed by atoms with Crippen molar-refractivity contribution in [3.63, 3.8) is 0 Å².